The van der Waals surface area contributed by atoms with Gasteiger partial charge in [0.25, 0.3) is 5.91 Å². The van der Waals surface area contributed by atoms with E-state index >= 15 is 0 Å². The molecule has 3 rings (SSSR count). The predicted molar refractivity (Wildman–Crippen MR) is 100 cm³/mol. The fraction of sp³-hybridized carbons (Fsp3) is 0.500. The van der Waals surface area contributed by atoms with Crippen molar-refractivity contribution in [3.63, 3.8) is 0 Å². The number of aryl methyl sites for hydroxylation is 2. The molecule has 1 N–H and O–H groups in total. The van der Waals surface area contributed by atoms with Crippen LogP contribution >= 0.6 is 0 Å². The topological polar surface area (TPSA) is 50.2 Å². The van der Waals surface area contributed by atoms with Crippen molar-refractivity contribution in [3.05, 3.63) is 47.0 Å². The van der Waals surface area contributed by atoms with Gasteiger partial charge in [-0.25, -0.2) is 9.07 Å². The molecule has 26 heavy (non-hydrogen) atoms. The highest BCUT2D eigenvalue weighted by Crippen LogP contribution is 2.21. The van der Waals surface area contributed by atoms with Crippen LogP contribution in [-0.2, 0) is 0 Å². The first-order valence-corrected chi connectivity index (χ1v) is 9.36. The number of aromatic nitrogens is 2. The molecule has 1 amide bonds. The first kappa shape index (κ1) is 18.6. The van der Waals surface area contributed by atoms with E-state index in [1.54, 1.807) is 16.8 Å². The van der Waals surface area contributed by atoms with Crippen molar-refractivity contribution in [1.29, 1.82) is 0 Å². The minimum absolute atomic E-state index is 0.0856. The molecular formula is C20H27FN4O. The molecule has 0 unspecified atom stereocenters. The average Bonchev–Trinajstić information content (AvgIpc) is 2.97. The number of nitrogens with one attached hydrogen (secondary N) is 1. The number of hydrogen-bond acceptors (Lipinski definition) is 3. The average molecular weight is 358 g/mol. The molecule has 0 atom stereocenters. The van der Waals surface area contributed by atoms with Crippen molar-refractivity contribution >= 4 is 5.91 Å². The third-order valence-electron chi connectivity index (χ3n) is 4.91. The Labute approximate surface area is 154 Å². The maximum atomic E-state index is 14.7. The minimum atomic E-state index is -0.427. The molecule has 1 aliphatic rings. The summed E-state index contributed by atoms with van der Waals surface area (Å²) in [5, 5.41) is 7.65. The molecule has 1 aliphatic heterocycles. The van der Waals surface area contributed by atoms with Gasteiger partial charge in [-0.05, 0) is 70.5 Å². The summed E-state index contributed by atoms with van der Waals surface area (Å²) in [5.41, 5.74) is 2.47. The molecule has 6 heteroatoms. The normalized spacial score (nSPS) is 15.2. The molecule has 0 bridgehead atoms. The third-order valence-corrected chi connectivity index (χ3v) is 4.91. The summed E-state index contributed by atoms with van der Waals surface area (Å²) in [5.74, 6) is -0.513. The van der Waals surface area contributed by atoms with Gasteiger partial charge in [0.05, 0.1) is 5.69 Å². The van der Waals surface area contributed by atoms with Crippen LogP contribution in [0.5, 0.6) is 0 Å². The highest BCUT2D eigenvalue weighted by atomic mass is 19.1. The van der Waals surface area contributed by atoms with Gasteiger partial charge < -0.3 is 10.2 Å². The van der Waals surface area contributed by atoms with E-state index < -0.39 is 5.82 Å². The van der Waals surface area contributed by atoms with Crippen LogP contribution < -0.4 is 5.32 Å². The predicted octanol–water partition coefficient (Wildman–Crippen LogP) is 3.23. The molecule has 0 aliphatic carbocycles. The number of carbonyl (C=O) groups excluding carboxylic acids is 1. The van der Waals surface area contributed by atoms with E-state index in [0.717, 1.165) is 43.7 Å². The molecule has 0 spiro atoms. The quantitative estimate of drug-likeness (QED) is 0.893. The number of amides is 1. The summed E-state index contributed by atoms with van der Waals surface area (Å²) in [6.07, 6.45) is 2.78. The second-order valence-corrected chi connectivity index (χ2v) is 6.98. The molecule has 1 aromatic carbocycles. The van der Waals surface area contributed by atoms with Crippen LogP contribution in [0.1, 0.15) is 47.9 Å². The summed E-state index contributed by atoms with van der Waals surface area (Å²) in [7, 11) is 0. The first-order chi connectivity index (χ1) is 12.5. The Kier molecular flexibility index (Phi) is 5.71. The molecule has 1 saturated heterocycles. The standard InChI is InChI=1S/C20H27FN4O/c1-4-11-24(17-7-9-22-10-8-17)20(26)16-5-6-19(18(21)13-16)25-15(3)12-14(2)23-25/h5-6,12-13,17,22H,4,7-11H2,1-3H3. The maximum absolute atomic E-state index is 14.7. The Bertz CT molecular complexity index is 780. The number of nitrogens with zero attached hydrogens (tertiary/aromatic N) is 3. The van der Waals surface area contributed by atoms with Crippen LogP contribution in [-0.4, -0.2) is 46.3 Å². The number of halogens is 1. The Morgan fingerprint density at radius 1 is 1.31 bits per heavy atom. The van der Waals surface area contributed by atoms with Crippen molar-refractivity contribution in [2.45, 2.75) is 46.1 Å². The van der Waals surface area contributed by atoms with Gasteiger partial charge in [-0.1, -0.05) is 6.92 Å². The van der Waals surface area contributed by atoms with Crippen molar-refractivity contribution in [3.8, 4) is 5.69 Å². The maximum Gasteiger partial charge on any atom is 0.254 e. The van der Waals surface area contributed by atoms with Crippen molar-refractivity contribution < 1.29 is 9.18 Å². The van der Waals surface area contributed by atoms with Crippen LogP contribution in [0.2, 0.25) is 0 Å². The summed E-state index contributed by atoms with van der Waals surface area (Å²) < 4.78 is 16.3. The van der Waals surface area contributed by atoms with Crippen LogP contribution in [0.15, 0.2) is 24.3 Å². The van der Waals surface area contributed by atoms with Gasteiger partial charge in [-0.15, -0.1) is 0 Å². The van der Waals surface area contributed by atoms with E-state index in [4.69, 9.17) is 0 Å². The number of piperidine rings is 1. The second kappa shape index (κ2) is 7.99. The SMILES string of the molecule is CCCN(C(=O)c1ccc(-n2nc(C)cc2C)c(F)c1)C1CCNCC1. The summed E-state index contributed by atoms with van der Waals surface area (Å²) in [4.78, 5) is 14.9. The second-order valence-electron chi connectivity index (χ2n) is 6.98. The molecule has 2 heterocycles. The van der Waals surface area contributed by atoms with Gasteiger partial charge in [0, 0.05) is 23.8 Å². The summed E-state index contributed by atoms with van der Waals surface area (Å²) in [6, 6.07) is 6.83. The van der Waals surface area contributed by atoms with E-state index in [2.05, 4.69) is 17.3 Å². The van der Waals surface area contributed by atoms with E-state index in [1.807, 2.05) is 24.8 Å². The lowest BCUT2D eigenvalue weighted by molar-refractivity contribution is 0.0642. The molecule has 0 saturated carbocycles. The van der Waals surface area contributed by atoms with Gasteiger partial charge in [0.15, 0.2) is 0 Å². The molecule has 0 radical (unpaired) electrons. The number of hydrogen-bond donors (Lipinski definition) is 1. The van der Waals surface area contributed by atoms with Crippen LogP contribution in [0, 0.1) is 19.7 Å². The molecule has 1 fully saturated rings. The third kappa shape index (κ3) is 3.80. The van der Waals surface area contributed by atoms with Crippen molar-refractivity contribution in [2.24, 2.45) is 0 Å². The summed E-state index contributed by atoms with van der Waals surface area (Å²) in [6.45, 7) is 8.37. The van der Waals surface area contributed by atoms with Gasteiger partial charge >= 0.3 is 0 Å². The Balaban J connectivity index is 1.86. The van der Waals surface area contributed by atoms with Crippen LogP contribution in [0.4, 0.5) is 4.39 Å². The van der Waals surface area contributed by atoms with Crippen molar-refractivity contribution in [1.82, 2.24) is 20.0 Å². The van der Waals surface area contributed by atoms with Crippen molar-refractivity contribution in [2.75, 3.05) is 19.6 Å². The molecular weight excluding hydrogens is 331 g/mol. The fourth-order valence-electron chi connectivity index (χ4n) is 3.66. The zero-order chi connectivity index (χ0) is 18.7. The van der Waals surface area contributed by atoms with Gasteiger partial charge in [-0.2, -0.15) is 5.10 Å². The lowest BCUT2D eigenvalue weighted by Gasteiger charge is -2.34. The fourth-order valence-corrected chi connectivity index (χ4v) is 3.66. The number of carbonyl (C=O) groups is 1. The monoisotopic (exact) mass is 358 g/mol. The zero-order valence-corrected chi connectivity index (χ0v) is 15.8. The number of rotatable bonds is 5. The van der Waals surface area contributed by atoms with E-state index in [0.29, 0.717) is 17.8 Å². The highest BCUT2D eigenvalue weighted by Gasteiger charge is 2.26. The largest absolute Gasteiger partial charge is 0.336 e. The first-order valence-electron chi connectivity index (χ1n) is 9.36. The Morgan fingerprint density at radius 3 is 2.62 bits per heavy atom. The lowest BCUT2D eigenvalue weighted by atomic mass is 10.0. The minimum Gasteiger partial charge on any atom is -0.336 e. The Hall–Kier alpha value is -2.21. The van der Waals surface area contributed by atoms with Gasteiger partial charge in [0.2, 0.25) is 0 Å². The van der Waals surface area contributed by atoms with Gasteiger partial charge in [0.1, 0.15) is 11.5 Å². The van der Waals surface area contributed by atoms with Gasteiger partial charge in [-0.3, -0.25) is 4.79 Å². The zero-order valence-electron chi connectivity index (χ0n) is 15.8. The lowest BCUT2D eigenvalue weighted by Crippen LogP contribution is -2.46. The van der Waals surface area contributed by atoms with E-state index in [-0.39, 0.29) is 11.9 Å². The number of benzene rings is 1. The van der Waals surface area contributed by atoms with Crippen LogP contribution in [0.25, 0.3) is 5.69 Å². The molecule has 2 aromatic rings. The smallest absolute Gasteiger partial charge is 0.254 e. The van der Waals surface area contributed by atoms with E-state index in [1.165, 1.54) is 6.07 Å². The summed E-state index contributed by atoms with van der Waals surface area (Å²) >= 11 is 0. The van der Waals surface area contributed by atoms with Crippen LogP contribution in [0.3, 0.4) is 0 Å². The molecule has 140 valence electrons. The van der Waals surface area contributed by atoms with E-state index in [9.17, 15) is 9.18 Å². The highest BCUT2D eigenvalue weighted by molar-refractivity contribution is 5.94. The Morgan fingerprint density at radius 2 is 2.04 bits per heavy atom. The molecule has 1 aromatic heterocycles. The molecule has 5 nitrogen and oxygen atoms in total.